The number of anilines is 1. The van der Waals surface area contributed by atoms with Crippen molar-refractivity contribution in [2.75, 3.05) is 11.9 Å². The molecule has 1 aliphatic heterocycles. The SMILES string of the molecule is CC1(C)C[C@@H](C(=O)Nc2ccccc2C(=O)c2ccccc2)CCO1. The number of ether oxygens (including phenoxy) is 1. The highest BCUT2D eigenvalue weighted by Crippen LogP contribution is 2.30. The molecule has 2 aromatic rings. The van der Waals surface area contributed by atoms with Crippen molar-refractivity contribution in [2.45, 2.75) is 32.3 Å². The summed E-state index contributed by atoms with van der Waals surface area (Å²) in [6.45, 7) is 4.58. The lowest BCUT2D eigenvalue weighted by molar-refractivity contribution is -0.130. The van der Waals surface area contributed by atoms with Crippen LogP contribution in [0.15, 0.2) is 54.6 Å². The van der Waals surface area contributed by atoms with Gasteiger partial charge in [0.15, 0.2) is 5.78 Å². The number of carbonyl (C=O) groups is 2. The Morgan fingerprint density at radius 3 is 2.44 bits per heavy atom. The van der Waals surface area contributed by atoms with Crippen molar-refractivity contribution in [3.05, 3.63) is 65.7 Å². The molecule has 1 heterocycles. The van der Waals surface area contributed by atoms with E-state index in [1.807, 2.05) is 44.2 Å². The number of para-hydroxylation sites is 1. The number of hydrogen-bond acceptors (Lipinski definition) is 3. The first-order valence-electron chi connectivity index (χ1n) is 8.60. The molecule has 0 radical (unpaired) electrons. The molecular formula is C21H23NO3. The van der Waals surface area contributed by atoms with E-state index in [0.717, 1.165) is 0 Å². The monoisotopic (exact) mass is 337 g/mol. The molecule has 1 aliphatic rings. The lowest BCUT2D eigenvalue weighted by Gasteiger charge is -2.34. The van der Waals surface area contributed by atoms with Crippen LogP contribution in [-0.4, -0.2) is 23.9 Å². The lowest BCUT2D eigenvalue weighted by Crippen LogP contribution is -2.39. The van der Waals surface area contributed by atoms with Crippen LogP contribution in [0.25, 0.3) is 0 Å². The van der Waals surface area contributed by atoms with E-state index in [2.05, 4.69) is 5.32 Å². The van der Waals surface area contributed by atoms with Gasteiger partial charge in [-0.1, -0.05) is 42.5 Å². The van der Waals surface area contributed by atoms with Crippen LogP contribution < -0.4 is 5.32 Å². The van der Waals surface area contributed by atoms with Gasteiger partial charge in [-0.05, 0) is 38.8 Å². The summed E-state index contributed by atoms with van der Waals surface area (Å²) in [6, 6.07) is 16.3. The molecular weight excluding hydrogens is 314 g/mol. The molecule has 0 unspecified atom stereocenters. The molecule has 0 saturated carbocycles. The summed E-state index contributed by atoms with van der Waals surface area (Å²) in [4.78, 5) is 25.4. The van der Waals surface area contributed by atoms with Gasteiger partial charge in [-0.15, -0.1) is 0 Å². The first-order chi connectivity index (χ1) is 12.0. The van der Waals surface area contributed by atoms with E-state index in [9.17, 15) is 9.59 Å². The summed E-state index contributed by atoms with van der Waals surface area (Å²) in [5, 5.41) is 2.95. The summed E-state index contributed by atoms with van der Waals surface area (Å²) < 4.78 is 5.68. The topological polar surface area (TPSA) is 55.4 Å². The summed E-state index contributed by atoms with van der Waals surface area (Å²) in [5.41, 5.74) is 1.38. The second-order valence-electron chi connectivity index (χ2n) is 7.03. The molecule has 1 saturated heterocycles. The van der Waals surface area contributed by atoms with Crippen LogP contribution in [0.1, 0.15) is 42.6 Å². The van der Waals surface area contributed by atoms with Crippen molar-refractivity contribution in [1.82, 2.24) is 0 Å². The Labute approximate surface area is 148 Å². The summed E-state index contributed by atoms with van der Waals surface area (Å²) in [6.07, 6.45) is 1.37. The van der Waals surface area contributed by atoms with Crippen LogP contribution in [-0.2, 0) is 9.53 Å². The average Bonchev–Trinajstić information content (AvgIpc) is 2.61. The maximum absolute atomic E-state index is 12.8. The van der Waals surface area contributed by atoms with Gasteiger partial charge < -0.3 is 10.1 Å². The van der Waals surface area contributed by atoms with Crippen LogP contribution >= 0.6 is 0 Å². The van der Waals surface area contributed by atoms with Gasteiger partial charge in [-0.3, -0.25) is 9.59 Å². The van der Waals surface area contributed by atoms with Crippen molar-refractivity contribution in [3.8, 4) is 0 Å². The smallest absolute Gasteiger partial charge is 0.227 e. The summed E-state index contributed by atoms with van der Waals surface area (Å²) >= 11 is 0. The Morgan fingerprint density at radius 1 is 1.04 bits per heavy atom. The van der Waals surface area contributed by atoms with Crippen LogP contribution in [0.5, 0.6) is 0 Å². The zero-order valence-electron chi connectivity index (χ0n) is 14.6. The van der Waals surface area contributed by atoms with Crippen molar-refractivity contribution in [1.29, 1.82) is 0 Å². The fraction of sp³-hybridized carbons (Fsp3) is 0.333. The number of amides is 1. The van der Waals surface area contributed by atoms with Gasteiger partial charge in [0.05, 0.1) is 11.3 Å². The van der Waals surface area contributed by atoms with Crippen LogP contribution in [0, 0.1) is 5.92 Å². The number of carbonyl (C=O) groups excluding carboxylic acids is 2. The maximum Gasteiger partial charge on any atom is 0.227 e. The van der Waals surface area contributed by atoms with Crippen LogP contribution in [0.4, 0.5) is 5.69 Å². The predicted octanol–water partition coefficient (Wildman–Crippen LogP) is 4.06. The molecule has 0 spiro atoms. The molecule has 130 valence electrons. The normalized spacial score (nSPS) is 19.2. The van der Waals surface area contributed by atoms with Crippen molar-refractivity contribution >= 4 is 17.4 Å². The lowest BCUT2D eigenvalue weighted by atomic mass is 9.87. The molecule has 25 heavy (non-hydrogen) atoms. The molecule has 1 amide bonds. The number of benzene rings is 2. The van der Waals surface area contributed by atoms with Gasteiger partial charge in [-0.25, -0.2) is 0 Å². The van der Waals surface area contributed by atoms with E-state index in [0.29, 0.717) is 36.3 Å². The Morgan fingerprint density at radius 2 is 1.72 bits per heavy atom. The summed E-state index contributed by atoms with van der Waals surface area (Å²) in [7, 11) is 0. The minimum atomic E-state index is -0.292. The number of rotatable bonds is 4. The Kier molecular flexibility index (Phi) is 5.00. The second-order valence-corrected chi connectivity index (χ2v) is 7.03. The van der Waals surface area contributed by atoms with E-state index in [-0.39, 0.29) is 23.2 Å². The van der Waals surface area contributed by atoms with E-state index in [4.69, 9.17) is 4.74 Å². The number of hydrogen-bond donors (Lipinski definition) is 1. The third-order valence-corrected chi connectivity index (χ3v) is 4.53. The Hall–Kier alpha value is -2.46. The van der Waals surface area contributed by atoms with Gasteiger partial charge in [0, 0.05) is 23.7 Å². The van der Waals surface area contributed by atoms with E-state index >= 15 is 0 Å². The first-order valence-corrected chi connectivity index (χ1v) is 8.60. The van der Waals surface area contributed by atoms with Crippen molar-refractivity contribution in [2.24, 2.45) is 5.92 Å². The average molecular weight is 337 g/mol. The number of nitrogens with one attached hydrogen (secondary N) is 1. The minimum absolute atomic E-state index is 0.0512. The Balaban J connectivity index is 1.79. The van der Waals surface area contributed by atoms with Crippen molar-refractivity contribution < 1.29 is 14.3 Å². The van der Waals surface area contributed by atoms with Crippen LogP contribution in [0.2, 0.25) is 0 Å². The molecule has 2 aromatic carbocycles. The van der Waals surface area contributed by atoms with Crippen molar-refractivity contribution in [3.63, 3.8) is 0 Å². The van der Waals surface area contributed by atoms with Gasteiger partial charge in [0.2, 0.25) is 5.91 Å². The van der Waals surface area contributed by atoms with Gasteiger partial charge >= 0.3 is 0 Å². The van der Waals surface area contributed by atoms with E-state index < -0.39 is 0 Å². The molecule has 0 bridgehead atoms. The van der Waals surface area contributed by atoms with Gasteiger partial charge in [0.25, 0.3) is 0 Å². The highest BCUT2D eigenvalue weighted by molar-refractivity contribution is 6.13. The second kappa shape index (κ2) is 7.19. The standard InChI is InChI=1S/C21H23NO3/c1-21(2)14-16(12-13-25-21)20(24)22-18-11-7-6-10-17(18)19(23)15-8-4-3-5-9-15/h3-11,16H,12-14H2,1-2H3,(H,22,24)/t16-/m0/s1. The fourth-order valence-corrected chi connectivity index (χ4v) is 3.23. The zero-order valence-corrected chi connectivity index (χ0v) is 14.6. The predicted molar refractivity (Wildman–Crippen MR) is 97.7 cm³/mol. The third kappa shape index (κ3) is 4.15. The van der Waals surface area contributed by atoms with E-state index in [1.165, 1.54) is 0 Å². The molecule has 0 aromatic heterocycles. The molecule has 1 fully saturated rings. The molecule has 4 nitrogen and oxygen atoms in total. The third-order valence-electron chi connectivity index (χ3n) is 4.53. The molecule has 1 N–H and O–H groups in total. The Bertz CT molecular complexity index is 768. The molecule has 3 rings (SSSR count). The largest absolute Gasteiger partial charge is 0.376 e. The molecule has 4 heteroatoms. The molecule has 0 aliphatic carbocycles. The highest BCUT2D eigenvalue weighted by atomic mass is 16.5. The fourth-order valence-electron chi connectivity index (χ4n) is 3.23. The maximum atomic E-state index is 12.8. The zero-order chi connectivity index (χ0) is 17.9. The van der Waals surface area contributed by atoms with Gasteiger partial charge in [0.1, 0.15) is 0 Å². The minimum Gasteiger partial charge on any atom is -0.376 e. The molecule has 1 atom stereocenters. The first kappa shape index (κ1) is 17.4. The quantitative estimate of drug-likeness (QED) is 0.856. The van der Waals surface area contributed by atoms with Crippen LogP contribution in [0.3, 0.4) is 0 Å². The number of ketones is 1. The van der Waals surface area contributed by atoms with Gasteiger partial charge in [-0.2, -0.15) is 0 Å². The van der Waals surface area contributed by atoms with E-state index in [1.54, 1.807) is 24.3 Å². The summed E-state index contributed by atoms with van der Waals surface area (Å²) in [5.74, 6) is -0.253. The highest BCUT2D eigenvalue weighted by Gasteiger charge is 2.33.